The largest absolute Gasteiger partial charge is 0.271 e. The first-order valence-electron chi connectivity index (χ1n) is 5.93. The van der Waals surface area contributed by atoms with Crippen LogP contribution in [-0.2, 0) is 12.8 Å². The van der Waals surface area contributed by atoms with E-state index in [2.05, 4.69) is 33.0 Å². The van der Waals surface area contributed by atoms with Crippen LogP contribution in [-0.4, -0.2) is 14.6 Å². The minimum atomic E-state index is 0.0185. The number of nitrogens with two attached hydrogens (primary N) is 1. The molecular formula is C12H17N5S. The SMILES string of the molecule is CCc1ccc(CC(NN)c2snnc2C)nc1. The topological polar surface area (TPSA) is 76.7 Å². The van der Waals surface area contributed by atoms with E-state index in [1.54, 1.807) is 0 Å². The van der Waals surface area contributed by atoms with E-state index in [1.807, 2.05) is 19.2 Å². The Morgan fingerprint density at radius 2 is 2.28 bits per heavy atom. The Hall–Kier alpha value is -1.37. The molecule has 0 spiro atoms. The Balaban J connectivity index is 2.13. The average molecular weight is 263 g/mol. The lowest BCUT2D eigenvalue weighted by Crippen LogP contribution is -2.29. The second kappa shape index (κ2) is 5.99. The summed E-state index contributed by atoms with van der Waals surface area (Å²) in [4.78, 5) is 5.51. The number of hydrogen-bond donors (Lipinski definition) is 2. The van der Waals surface area contributed by atoms with Gasteiger partial charge in [-0.1, -0.05) is 17.5 Å². The van der Waals surface area contributed by atoms with Gasteiger partial charge >= 0.3 is 0 Å². The van der Waals surface area contributed by atoms with Gasteiger partial charge in [0, 0.05) is 18.3 Å². The highest BCUT2D eigenvalue weighted by atomic mass is 32.1. The second-order valence-electron chi connectivity index (χ2n) is 4.16. The Morgan fingerprint density at radius 3 is 2.78 bits per heavy atom. The van der Waals surface area contributed by atoms with Crippen LogP contribution in [0.5, 0.6) is 0 Å². The summed E-state index contributed by atoms with van der Waals surface area (Å²) >= 11 is 1.38. The highest BCUT2D eigenvalue weighted by Crippen LogP contribution is 2.22. The Kier molecular flexibility index (Phi) is 4.35. The summed E-state index contributed by atoms with van der Waals surface area (Å²) in [7, 11) is 0. The predicted molar refractivity (Wildman–Crippen MR) is 72.0 cm³/mol. The number of hydrogen-bond acceptors (Lipinski definition) is 6. The number of nitrogens with one attached hydrogen (secondary N) is 1. The van der Waals surface area contributed by atoms with Crippen LogP contribution in [0.25, 0.3) is 0 Å². The number of hydrazine groups is 1. The summed E-state index contributed by atoms with van der Waals surface area (Å²) in [6.45, 7) is 4.06. The molecular weight excluding hydrogens is 246 g/mol. The standard InChI is InChI=1S/C12H17N5S/c1-3-9-4-5-10(14-7-9)6-11(15-13)12-8(2)16-17-18-12/h4-5,7,11,15H,3,6,13H2,1-2H3. The van der Waals surface area contributed by atoms with Crippen molar-refractivity contribution in [3.05, 3.63) is 40.2 Å². The van der Waals surface area contributed by atoms with E-state index in [4.69, 9.17) is 5.84 Å². The number of nitrogens with zero attached hydrogens (tertiary/aromatic N) is 3. The normalized spacial score (nSPS) is 12.6. The van der Waals surface area contributed by atoms with E-state index >= 15 is 0 Å². The summed E-state index contributed by atoms with van der Waals surface area (Å²) in [5, 5.41) is 4.01. The van der Waals surface area contributed by atoms with Crippen molar-refractivity contribution < 1.29 is 0 Å². The third-order valence-electron chi connectivity index (χ3n) is 2.91. The highest BCUT2D eigenvalue weighted by molar-refractivity contribution is 7.05. The molecule has 0 saturated carbocycles. The monoisotopic (exact) mass is 263 g/mol. The van der Waals surface area contributed by atoms with Crippen molar-refractivity contribution in [2.75, 3.05) is 0 Å². The summed E-state index contributed by atoms with van der Waals surface area (Å²) in [6.07, 6.45) is 3.66. The van der Waals surface area contributed by atoms with Crippen molar-refractivity contribution in [2.45, 2.75) is 32.7 Å². The maximum absolute atomic E-state index is 5.61. The maximum Gasteiger partial charge on any atom is 0.0773 e. The Labute approximate surface area is 111 Å². The van der Waals surface area contributed by atoms with Crippen LogP contribution < -0.4 is 11.3 Å². The van der Waals surface area contributed by atoms with E-state index < -0.39 is 0 Å². The summed E-state index contributed by atoms with van der Waals surface area (Å²) in [5.74, 6) is 5.61. The van der Waals surface area contributed by atoms with Crippen LogP contribution in [0, 0.1) is 6.92 Å². The van der Waals surface area contributed by atoms with Crippen LogP contribution in [0.1, 0.15) is 34.8 Å². The van der Waals surface area contributed by atoms with E-state index in [-0.39, 0.29) is 6.04 Å². The molecule has 1 atom stereocenters. The molecule has 2 heterocycles. The second-order valence-corrected chi connectivity index (χ2v) is 4.94. The van der Waals surface area contributed by atoms with Crippen LogP contribution >= 0.6 is 11.5 Å². The minimum Gasteiger partial charge on any atom is -0.271 e. The van der Waals surface area contributed by atoms with Gasteiger partial charge in [0.2, 0.25) is 0 Å². The molecule has 3 N–H and O–H groups in total. The maximum atomic E-state index is 5.61. The van der Waals surface area contributed by atoms with Crippen LogP contribution in [0.2, 0.25) is 0 Å². The van der Waals surface area contributed by atoms with Crippen molar-refractivity contribution in [1.82, 2.24) is 20.0 Å². The molecule has 0 aliphatic carbocycles. The fraction of sp³-hybridized carbons (Fsp3) is 0.417. The molecule has 18 heavy (non-hydrogen) atoms. The summed E-state index contributed by atoms with van der Waals surface area (Å²) < 4.78 is 3.94. The summed E-state index contributed by atoms with van der Waals surface area (Å²) in [5.41, 5.74) is 6.00. The van der Waals surface area contributed by atoms with Crippen molar-refractivity contribution in [3.8, 4) is 0 Å². The minimum absolute atomic E-state index is 0.0185. The van der Waals surface area contributed by atoms with Crippen molar-refractivity contribution >= 4 is 11.5 Å². The molecule has 0 amide bonds. The molecule has 0 aromatic carbocycles. The molecule has 2 aromatic rings. The molecule has 1 unspecified atom stereocenters. The predicted octanol–water partition coefficient (Wildman–Crippen LogP) is 1.55. The number of pyridine rings is 1. The van der Waals surface area contributed by atoms with Gasteiger partial charge in [0.15, 0.2) is 0 Å². The van der Waals surface area contributed by atoms with Gasteiger partial charge in [-0.15, -0.1) is 5.10 Å². The van der Waals surface area contributed by atoms with Gasteiger partial charge in [0.1, 0.15) is 0 Å². The number of aromatic nitrogens is 3. The first-order valence-corrected chi connectivity index (χ1v) is 6.70. The first-order chi connectivity index (χ1) is 8.74. The zero-order valence-electron chi connectivity index (χ0n) is 10.6. The lowest BCUT2D eigenvalue weighted by molar-refractivity contribution is 0.551. The van der Waals surface area contributed by atoms with E-state index in [0.717, 1.165) is 29.1 Å². The van der Waals surface area contributed by atoms with Gasteiger partial charge in [0.05, 0.1) is 16.6 Å². The summed E-state index contributed by atoms with van der Waals surface area (Å²) in [6, 6.07) is 4.17. The molecule has 96 valence electrons. The first kappa shape index (κ1) is 13.1. The molecule has 0 radical (unpaired) electrons. The van der Waals surface area contributed by atoms with Gasteiger partial charge < -0.3 is 0 Å². The number of aryl methyl sites for hydroxylation is 2. The number of rotatable bonds is 5. The van der Waals surface area contributed by atoms with E-state index in [0.29, 0.717) is 0 Å². The van der Waals surface area contributed by atoms with Crippen molar-refractivity contribution in [2.24, 2.45) is 5.84 Å². The zero-order chi connectivity index (χ0) is 13.0. The van der Waals surface area contributed by atoms with Gasteiger partial charge in [-0.3, -0.25) is 16.3 Å². The highest BCUT2D eigenvalue weighted by Gasteiger charge is 2.16. The van der Waals surface area contributed by atoms with Crippen LogP contribution in [0.4, 0.5) is 0 Å². The molecule has 2 aromatic heterocycles. The van der Waals surface area contributed by atoms with Crippen molar-refractivity contribution in [3.63, 3.8) is 0 Å². The van der Waals surface area contributed by atoms with Crippen LogP contribution in [0.3, 0.4) is 0 Å². The average Bonchev–Trinajstić information content (AvgIpc) is 2.83. The van der Waals surface area contributed by atoms with Gasteiger partial charge in [0.25, 0.3) is 0 Å². The Morgan fingerprint density at radius 1 is 1.44 bits per heavy atom. The third kappa shape index (κ3) is 2.90. The fourth-order valence-corrected chi connectivity index (χ4v) is 2.48. The molecule has 0 fully saturated rings. The Bertz CT molecular complexity index is 493. The van der Waals surface area contributed by atoms with Gasteiger partial charge in [-0.2, -0.15) is 0 Å². The van der Waals surface area contributed by atoms with E-state index in [9.17, 15) is 0 Å². The van der Waals surface area contributed by atoms with Gasteiger partial charge in [-0.25, -0.2) is 0 Å². The van der Waals surface area contributed by atoms with E-state index in [1.165, 1.54) is 17.1 Å². The smallest absolute Gasteiger partial charge is 0.0773 e. The molecule has 0 aliphatic rings. The molecule has 5 nitrogen and oxygen atoms in total. The fourth-order valence-electron chi connectivity index (χ4n) is 1.78. The molecule has 2 rings (SSSR count). The molecule has 0 bridgehead atoms. The zero-order valence-corrected chi connectivity index (χ0v) is 11.4. The lowest BCUT2D eigenvalue weighted by Gasteiger charge is -2.13. The quantitative estimate of drug-likeness (QED) is 0.632. The van der Waals surface area contributed by atoms with Crippen LogP contribution in [0.15, 0.2) is 18.3 Å². The molecule has 0 aliphatic heterocycles. The van der Waals surface area contributed by atoms with Gasteiger partial charge in [-0.05, 0) is 36.5 Å². The lowest BCUT2D eigenvalue weighted by atomic mass is 10.1. The third-order valence-corrected chi connectivity index (χ3v) is 3.85. The molecule has 6 heteroatoms. The van der Waals surface area contributed by atoms with Crippen molar-refractivity contribution in [1.29, 1.82) is 0 Å². The molecule has 0 saturated heterocycles.